The third kappa shape index (κ3) is 4.14. The Hall–Kier alpha value is -0.370. The smallest absolute Gasteiger partial charge is 0.0437 e. The number of hydrogen-bond donors (Lipinski definition) is 1. The number of aliphatic hydroxyl groups is 1. The average Bonchev–Trinajstić information content (AvgIpc) is 2.03. The van der Waals surface area contributed by atoms with Crippen molar-refractivity contribution in [3.8, 4) is 0 Å². The molecular formula is C9H19NO. The molecule has 2 nitrogen and oxygen atoms in total. The molecule has 0 fully saturated rings. The Morgan fingerprint density at radius 2 is 2.18 bits per heavy atom. The highest BCUT2D eigenvalue weighted by molar-refractivity contribution is 5.60. The number of aliphatic hydroxyl groups excluding tert-OH is 1. The number of hydrogen-bond acceptors (Lipinski definition) is 2. The van der Waals surface area contributed by atoms with Gasteiger partial charge in [-0.15, -0.1) is 0 Å². The lowest BCUT2D eigenvalue weighted by atomic mass is 9.90. The predicted octanol–water partition coefficient (Wildman–Crippen LogP) is 1.73. The van der Waals surface area contributed by atoms with Gasteiger partial charge in [-0.3, -0.25) is 0 Å². The first-order chi connectivity index (χ1) is 5.26. The Balaban J connectivity index is 3.86. The molecule has 0 amide bonds. The number of rotatable bonds is 5. The van der Waals surface area contributed by atoms with Gasteiger partial charge in [-0.25, -0.2) is 0 Å². The summed E-state index contributed by atoms with van der Waals surface area (Å²) in [6, 6.07) is 0. The highest BCUT2D eigenvalue weighted by Crippen LogP contribution is 2.16. The van der Waals surface area contributed by atoms with Gasteiger partial charge in [-0.1, -0.05) is 20.3 Å². The van der Waals surface area contributed by atoms with E-state index >= 15 is 0 Å². The van der Waals surface area contributed by atoms with Crippen molar-refractivity contribution in [1.82, 2.24) is 0 Å². The molecule has 0 aromatic carbocycles. The fourth-order valence-electron chi connectivity index (χ4n) is 1.15. The molecule has 2 heteroatoms. The van der Waals surface area contributed by atoms with Crippen molar-refractivity contribution in [2.45, 2.75) is 26.7 Å². The first kappa shape index (κ1) is 10.6. The van der Waals surface area contributed by atoms with Gasteiger partial charge in [0.25, 0.3) is 0 Å². The van der Waals surface area contributed by atoms with E-state index in [9.17, 15) is 0 Å². The normalized spacial score (nSPS) is 17.1. The molecule has 1 N–H and O–H groups in total. The summed E-state index contributed by atoms with van der Waals surface area (Å²) < 4.78 is 0. The molecular weight excluding hydrogens is 138 g/mol. The molecule has 2 atom stereocenters. The second-order valence-corrected chi connectivity index (χ2v) is 2.97. The Kier molecular flexibility index (Phi) is 6.13. The van der Waals surface area contributed by atoms with Gasteiger partial charge in [-0.05, 0) is 18.3 Å². The van der Waals surface area contributed by atoms with Crippen LogP contribution in [0.15, 0.2) is 4.99 Å². The monoisotopic (exact) mass is 157 g/mol. The van der Waals surface area contributed by atoms with Gasteiger partial charge in [-0.2, -0.15) is 0 Å². The molecule has 0 spiro atoms. The Morgan fingerprint density at radius 3 is 2.55 bits per heavy atom. The molecule has 0 radical (unpaired) electrons. The molecule has 0 aliphatic carbocycles. The van der Waals surface area contributed by atoms with Crippen molar-refractivity contribution in [2.75, 3.05) is 13.7 Å². The lowest BCUT2D eigenvalue weighted by Crippen LogP contribution is -2.14. The zero-order valence-corrected chi connectivity index (χ0v) is 7.75. The second-order valence-electron chi connectivity index (χ2n) is 2.97. The first-order valence-electron chi connectivity index (χ1n) is 4.29. The van der Waals surface area contributed by atoms with Crippen LogP contribution in [0.5, 0.6) is 0 Å². The van der Waals surface area contributed by atoms with Crippen molar-refractivity contribution in [2.24, 2.45) is 16.8 Å². The Morgan fingerprint density at radius 1 is 1.55 bits per heavy atom. The molecule has 0 aliphatic rings. The van der Waals surface area contributed by atoms with Gasteiger partial charge >= 0.3 is 0 Å². The highest BCUT2D eigenvalue weighted by atomic mass is 16.3. The second kappa shape index (κ2) is 6.35. The van der Waals surface area contributed by atoms with Gasteiger partial charge in [0, 0.05) is 19.9 Å². The van der Waals surface area contributed by atoms with E-state index in [0.29, 0.717) is 11.8 Å². The van der Waals surface area contributed by atoms with E-state index < -0.39 is 0 Å². The zero-order valence-electron chi connectivity index (χ0n) is 7.75. The maximum absolute atomic E-state index is 8.75. The van der Waals surface area contributed by atoms with Crippen molar-refractivity contribution in [3.05, 3.63) is 0 Å². The Labute approximate surface area is 69.3 Å². The van der Waals surface area contributed by atoms with Crippen molar-refractivity contribution in [3.63, 3.8) is 0 Å². The van der Waals surface area contributed by atoms with E-state index in [-0.39, 0.29) is 6.61 Å². The summed E-state index contributed by atoms with van der Waals surface area (Å²) in [7, 11) is 1.78. The SMILES string of the molecule is CCC(C)C(/C=N\C)CCO. The molecule has 2 unspecified atom stereocenters. The van der Waals surface area contributed by atoms with Crippen LogP contribution in [0.25, 0.3) is 0 Å². The van der Waals surface area contributed by atoms with E-state index in [2.05, 4.69) is 18.8 Å². The van der Waals surface area contributed by atoms with Crippen molar-refractivity contribution >= 4 is 6.21 Å². The van der Waals surface area contributed by atoms with Gasteiger partial charge < -0.3 is 10.1 Å². The van der Waals surface area contributed by atoms with E-state index in [0.717, 1.165) is 12.8 Å². The minimum Gasteiger partial charge on any atom is -0.396 e. The summed E-state index contributed by atoms with van der Waals surface area (Å²) in [5.41, 5.74) is 0. The van der Waals surface area contributed by atoms with E-state index in [1.165, 1.54) is 0 Å². The maximum Gasteiger partial charge on any atom is 0.0437 e. The maximum atomic E-state index is 8.75. The molecule has 0 saturated carbocycles. The largest absolute Gasteiger partial charge is 0.396 e. The summed E-state index contributed by atoms with van der Waals surface area (Å²) in [5.74, 6) is 1.08. The van der Waals surface area contributed by atoms with Crippen LogP contribution in [-0.2, 0) is 0 Å². The topological polar surface area (TPSA) is 32.6 Å². The summed E-state index contributed by atoms with van der Waals surface area (Å²) in [4.78, 5) is 3.99. The van der Waals surface area contributed by atoms with Crippen LogP contribution >= 0.6 is 0 Å². The molecule has 0 bridgehead atoms. The van der Waals surface area contributed by atoms with Crippen LogP contribution in [0.2, 0.25) is 0 Å². The molecule has 11 heavy (non-hydrogen) atoms. The van der Waals surface area contributed by atoms with E-state index in [4.69, 9.17) is 5.11 Å². The summed E-state index contributed by atoms with van der Waals surface area (Å²) in [6.45, 7) is 4.63. The summed E-state index contributed by atoms with van der Waals surface area (Å²) in [6.07, 6.45) is 3.94. The lowest BCUT2D eigenvalue weighted by molar-refractivity contribution is 0.255. The van der Waals surface area contributed by atoms with Gasteiger partial charge in [0.1, 0.15) is 0 Å². The van der Waals surface area contributed by atoms with Crippen molar-refractivity contribution in [1.29, 1.82) is 0 Å². The molecule has 0 saturated heterocycles. The summed E-state index contributed by atoms with van der Waals surface area (Å²) >= 11 is 0. The van der Waals surface area contributed by atoms with Crippen LogP contribution in [0, 0.1) is 11.8 Å². The summed E-state index contributed by atoms with van der Waals surface area (Å²) in [5, 5.41) is 8.75. The first-order valence-corrected chi connectivity index (χ1v) is 4.29. The quantitative estimate of drug-likeness (QED) is 0.606. The minimum absolute atomic E-state index is 0.265. The fourth-order valence-corrected chi connectivity index (χ4v) is 1.15. The van der Waals surface area contributed by atoms with Crippen molar-refractivity contribution < 1.29 is 5.11 Å². The van der Waals surface area contributed by atoms with Gasteiger partial charge in [0.2, 0.25) is 0 Å². The van der Waals surface area contributed by atoms with Crippen LogP contribution in [0.4, 0.5) is 0 Å². The Bertz CT molecular complexity index is 112. The van der Waals surface area contributed by atoms with Gasteiger partial charge in [0.05, 0.1) is 0 Å². The van der Waals surface area contributed by atoms with Gasteiger partial charge in [0.15, 0.2) is 0 Å². The third-order valence-corrected chi connectivity index (χ3v) is 2.18. The highest BCUT2D eigenvalue weighted by Gasteiger charge is 2.11. The van der Waals surface area contributed by atoms with Crippen LogP contribution in [0.1, 0.15) is 26.7 Å². The van der Waals surface area contributed by atoms with E-state index in [1.54, 1.807) is 7.05 Å². The fraction of sp³-hybridized carbons (Fsp3) is 0.889. The predicted molar refractivity (Wildman–Crippen MR) is 49.1 cm³/mol. The lowest BCUT2D eigenvalue weighted by Gasteiger charge is -2.16. The molecule has 0 aliphatic heterocycles. The minimum atomic E-state index is 0.265. The van der Waals surface area contributed by atoms with Crippen LogP contribution < -0.4 is 0 Å². The zero-order chi connectivity index (χ0) is 8.69. The van der Waals surface area contributed by atoms with E-state index in [1.807, 2.05) is 6.21 Å². The van der Waals surface area contributed by atoms with Crippen LogP contribution in [-0.4, -0.2) is 25.0 Å². The number of nitrogens with zero attached hydrogens (tertiary/aromatic N) is 1. The third-order valence-electron chi connectivity index (χ3n) is 2.18. The number of aliphatic imine (C=N–C) groups is 1. The standard InChI is InChI=1S/C9H19NO/c1-4-8(2)9(5-6-11)7-10-3/h7-9,11H,4-6H2,1-3H3/b10-7-. The molecule has 0 aromatic rings. The molecule has 0 aromatic heterocycles. The molecule has 0 heterocycles. The van der Waals surface area contributed by atoms with Crippen LogP contribution in [0.3, 0.4) is 0 Å². The molecule has 66 valence electrons. The molecule has 0 rings (SSSR count). The average molecular weight is 157 g/mol.